The molecule has 8 nitrogen and oxygen atoms in total. The highest BCUT2D eigenvalue weighted by Gasteiger charge is 2.31. The molecule has 1 aromatic carbocycles. The average Bonchev–Trinajstić information content (AvgIpc) is 3.38. The minimum absolute atomic E-state index is 0.0264. The lowest BCUT2D eigenvalue weighted by Gasteiger charge is -2.32. The van der Waals surface area contributed by atoms with Crippen LogP contribution in [0, 0.1) is 5.41 Å². The van der Waals surface area contributed by atoms with Crippen molar-refractivity contribution in [2.24, 2.45) is 5.41 Å². The molecule has 1 N–H and O–H groups in total. The maximum Gasteiger partial charge on any atom is 0.313 e. The molecule has 8 heteroatoms. The molecule has 2 heterocycles. The Balaban J connectivity index is 1.77. The van der Waals surface area contributed by atoms with E-state index in [1.54, 1.807) is 0 Å². The number of benzene rings is 1. The zero-order valence-electron chi connectivity index (χ0n) is 23.2. The maximum absolute atomic E-state index is 13.0. The average molecular weight is 519 g/mol. The fraction of sp³-hybridized carbons (Fsp3) is 0.724. The first-order chi connectivity index (χ1) is 17.8. The molecule has 0 aliphatic carbocycles. The lowest BCUT2D eigenvalue weighted by molar-refractivity contribution is -0.172. The Hall–Kier alpha value is -2.32. The van der Waals surface area contributed by atoms with E-state index in [2.05, 4.69) is 17.1 Å². The summed E-state index contributed by atoms with van der Waals surface area (Å²) in [5.41, 5.74) is 0.222. The minimum Gasteiger partial charge on any atom is -0.486 e. The van der Waals surface area contributed by atoms with E-state index in [0.717, 1.165) is 50.8 Å². The van der Waals surface area contributed by atoms with Gasteiger partial charge >= 0.3 is 5.97 Å². The summed E-state index contributed by atoms with van der Waals surface area (Å²) >= 11 is 0. The molecule has 37 heavy (non-hydrogen) atoms. The van der Waals surface area contributed by atoms with Gasteiger partial charge in [-0.2, -0.15) is 0 Å². The summed E-state index contributed by atoms with van der Waals surface area (Å²) in [5.74, 6) is 1.05. The number of fused-ring (bicyclic) bond motifs is 1. The van der Waals surface area contributed by atoms with Crippen LogP contribution in [0.2, 0.25) is 0 Å². The molecule has 0 bridgehead atoms. The van der Waals surface area contributed by atoms with Crippen molar-refractivity contribution in [2.75, 3.05) is 39.6 Å². The van der Waals surface area contributed by atoms with E-state index < -0.39 is 11.5 Å². The van der Waals surface area contributed by atoms with E-state index in [9.17, 15) is 9.59 Å². The highest BCUT2D eigenvalue weighted by Crippen LogP contribution is 2.35. The van der Waals surface area contributed by atoms with Crippen molar-refractivity contribution in [3.05, 3.63) is 23.8 Å². The Bertz CT molecular complexity index is 862. The number of nitrogens with zero attached hydrogens (tertiary/aromatic N) is 1. The number of unbranched alkanes of at least 4 members (excludes halogenated alkanes) is 4. The molecular weight excluding hydrogens is 472 g/mol. The van der Waals surface area contributed by atoms with Crippen LogP contribution >= 0.6 is 0 Å². The predicted octanol–water partition coefficient (Wildman–Crippen LogP) is 5.00. The number of carbonyl (C=O) groups excluding carboxylic acids is 2. The van der Waals surface area contributed by atoms with E-state index in [4.69, 9.17) is 18.9 Å². The van der Waals surface area contributed by atoms with Crippen molar-refractivity contribution < 1.29 is 28.5 Å². The summed E-state index contributed by atoms with van der Waals surface area (Å²) in [6.07, 6.45) is 7.74. The van der Waals surface area contributed by atoms with Crippen molar-refractivity contribution in [3.8, 4) is 11.5 Å². The van der Waals surface area contributed by atoms with Gasteiger partial charge in [-0.15, -0.1) is 0 Å². The van der Waals surface area contributed by atoms with Crippen molar-refractivity contribution in [1.82, 2.24) is 10.2 Å². The van der Waals surface area contributed by atoms with Gasteiger partial charge in [0.05, 0.1) is 11.5 Å². The molecule has 0 saturated carbocycles. The third-order valence-electron chi connectivity index (χ3n) is 6.82. The highest BCUT2D eigenvalue weighted by molar-refractivity contribution is 5.76. The highest BCUT2D eigenvalue weighted by atomic mass is 16.7. The molecule has 2 aliphatic heterocycles. The lowest BCUT2D eigenvalue weighted by Crippen LogP contribution is -2.47. The monoisotopic (exact) mass is 518 g/mol. The SMILES string of the molecule is CCCCCCCC(=O)NC(CN1CCCC1)C(OCOC(=O)C(C)(C)C)c1ccc2c(c1)OCCO2. The Morgan fingerprint density at radius 2 is 1.73 bits per heavy atom. The summed E-state index contributed by atoms with van der Waals surface area (Å²) in [6.45, 7) is 11.1. The number of nitrogens with one attached hydrogen (secondary N) is 1. The van der Waals surface area contributed by atoms with Gasteiger partial charge in [0.1, 0.15) is 19.3 Å². The number of ether oxygens (including phenoxy) is 4. The Morgan fingerprint density at radius 1 is 1.03 bits per heavy atom. The molecule has 1 fully saturated rings. The minimum atomic E-state index is -0.628. The van der Waals surface area contributed by atoms with E-state index in [1.165, 1.54) is 12.8 Å². The van der Waals surface area contributed by atoms with Crippen LogP contribution in [0.3, 0.4) is 0 Å². The summed E-state index contributed by atoms with van der Waals surface area (Å²) in [6, 6.07) is 5.43. The normalized spacial score (nSPS) is 17.3. The number of likely N-dealkylation sites (tertiary alicyclic amines) is 1. The number of amides is 1. The molecule has 2 unspecified atom stereocenters. The van der Waals surface area contributed by atoms with Crippen molar-refractivity contribution in [3.63, 3.8) is 0 Å². The molecule has 1 amide bonds. The fourth-order valence-corrected chi connectivity index (χ4v) is 4.69. The number of rotatable bonds is 14. The quantitative estimate of drug-likeness (QED) is 0.211. The number of hydrogen-bond acceptors (Lipinski definition) is 7. The van der Waals surface area contributed by atoms with Gasteiger partial charge < -0.3 is 29.2 Å². The van der Waals surface area contributed by atoms with Gasteiger partial charge in [-0.3, -0.25) is 9.59 Å². The van der Waals surface area contributed by atoms with Crippen LogP contribution in [-0.4, -0.2) is 62.5 Å². The first-order valence-electron chi connectivity index (χ1n) is 14.0. The maximum atomic E-state index is 13.0. The zero-order chi connectivity index (χ0) is 26.7. The van der Waals surface area contributed by atoms with Crippen molar-refractivity contribution in [1.29, 1.82) is 0 Å². The second-order valence-corrected chi connectivity index (χ2v) is 11.1. The van der Waals surface area contributed by atoms with Crippen LogP contribution in [0.25, 0.3) is 0 Å². The van der Waals surface area contributed by atoms with Gasteiger partial charge in [0.15, 0.2) is 18.3 Å². The number of hydrogen-bond donors (Lipinski definition) is 1. The molecule has 1 aromatic rings. The Kier molecular flexibility index (Phi) is 11.5. The van der Waals surface area contributed by atoms with Crippen molar-refractivity contribution in [2.45, 2.75) is 91.2 Å². The molecule has 0 aromatic heterocycles. The van der Waals surface area contributed by atoms with Gasteiger partial charge in [-0.1, -0.05) is 38.7 Å². The van der Waals surface area contributed by atoms with E-state index in [1.807, 2.05) is 39.0 Å². The smallest absolute Gasteiger partial charge is 0.313 e. The van der Waals surface area contributed by atoms with Crippen LogP contribution < -0.4 is 14.8 Å². The largest absolute Gasteiger partial charge is 0.486 e. The number of carbonyl (C=O) groups is 2. The van der Waals surface area contributed by atoms with E-state index >= 15 is 0 Å². The molecular formula is C29H46N2O6. The van der Waals surface area contributed by atoms with Crippen LogP contribution in [-0.2, 0) is 19.1 Å². The molecule has 2 atom stereocenters. The third-order valence-corrected chi connectivity index (χ3v) is 6.82. The first kappa shape index (κ1) is 29.2. The second-order valence-electron chi connectivity index (χ2n) is 11.1. The second kappa shape index (κ2) is 14.6. The molecule has 1 saturated heterocycles. The predicted molar refractivity (Wildman–Crippen MR) is 143 cm³/mol. The summed E-state index contributed by atoms with van der Waals surface area (Å²) in [7, 11) is 0. The van der Waals surface area contributed by atoms with E-state index in [-0.39, 0.29) is 24.7 Å². The molecule has 208 valence electrons. The fourth-order valence-electron chi connectivity index (χ4n) is 4.69. The first-order valence-corrected chi connectivity index (χ1v) is 14.0. The van der Waals surface area contributed by atoms with Crippen molar-refractivity contribution >= 4 is 11.9 Å². The van der Waals surface area contributed by atoms with Gasteiger partial charge in [0, 0.05) is 13.0 Å². The van der Waals surface area contributed by atoms with Crippen LogP contribution in [0.5, 0.6) is 11.5 Å². The Morgan fingerprint density at radius 3 is 2.43 bits per heavy atom. The standard InChI is InChI=1S/C29H46N2O6/c1-5-6-7-8-9-12-26(32)30-23(20-31-15-10-11-16-31)27(36-21-37-28(33)29(2,3)4)22-13-14-24-25(19-22)35-18-17-34-24/h13-14,19,23,27H,5-12,15-18,20-21H2,1-4H3,(H,30,32). The summed E-state index contributed by atoms with van der Waals surface area (Å²) < 4.78 is 23.2. The van der Waals surface area contributed by atoms with Gasteiger partial charge in [0.25, 0.3) is 0 Å². The number of esters is 1. The van der Waals surface area contributed by atoms with Crippen LogP contribution in [0.4, 0.5) is 0 Å². The molecule has 0 radical (unpaired) electrons. The summed E-state index contributed by atoms with van der Waals surface area (Å²) in [4.78, 5) is 27.8. The molecule has 2 aliphatic rings. The Labute approximate surface area is 222 Å². The van der Waals surface area contributed by atoms with Gasteiger partial charge in [-0.05, 0) is 70.8 Å². The topological polar surface area (TPSA) is 86.3 Å². The molecule has 0 spiro atoms. The van der Waals surface area contributed by atoms with E-state index in [0.29, 0.717) is 37.7 Å². The summed E-state index contributed by atoms with van der Waals surface area (Å²) in [5, 5.41) is 3.26. The zero-order valence-corrected chi connectivity index (χ0v) is 23.2. The molecule has 3 rings (SSSR count). The van der Waals surface area contributed by atoms with Gasteiger partial charge in [0.2, 0.25) is 5.91 Å². The lowest BCUT2D eigenvalue weighted by atomic mass is 9.98. The third kappa shape index (κ3) is 9.49. The van der Waals surface area contributed by atoms with Crippen LogP contribution in [0.15, 0.2) is 18.2 Å². The van der Waals surface area contributed by atoms with Gasteiger partial charge in [-0.25, -0.2) is 0 Å². The van der Waals surface area contributed by atoms with Crippen LogP contribution in [0.1, 0.15) is 90.7 Å².